The Hall–Kier alpha value is -4.92. The van der Waals surface area contributed by atoms with E-state index >= 15 is 0 Å². The van der Waals surface area contributed by atoms with Gasteiger partial charge < -0.3 is 19.8 Å². The average molecular weight is 732 g/mol. The quantitative estimate of drug-likeness (QED) is 0.0660. The zero-order valence-electron chi connectivity index (χ0n) is 27.5. The third-order valence-electron chi connectivity index (χ3n) is 8.04. The fourth-order valence-electron chi connectivity index (χ4n) is 5.54. The maximum absolute atomic E-state index is 14.5. The normalized spacial score (nSPS) is 12.0. The molecule has 4 aromatic carbocycles. The van der Waals surface area contributed by atoms with Crippen molar-refractivity contribution in [3.63, 3.8) is 0 Å². The number of benzene rings is 4. The van der Waals surface area contributed by atoms with Gasteiger partial charge in [-0.25, -0.2) is 13.8 Å². The van der Waals surface area contributed by atoms with Crippen molar-refractivity contribution in [3.8, 4) is 33.9 Å². The number of hydrogen-bond donors (Lipinski definition) is 1. The number of nitrogens with zero attached hydrogens (tertiary/aromatic N) is 2. The van der Waals surface area contributed by atoms with Gasteiger partial charge in [-0.2, -0.15) is 26.3 Å². The molecule has 6 nitrogen and oxygen atoms in total. The molecule has 0 atom stereocenters. The van der Waals surface area contributed by atoms with Gasteiger partial charge in [-0.1, -0.05) is 30.3 Å². The van der Waals surface area contributed by atoms with Crippen LogP contribution >= 0.6 is 0 Å². The number of alkyl halides is 6. The van der Waals surface area contributed by atoms with E-state index in [0.717, 1.165) is 24.3 Å². The van der Waals surface area contributed by atoms with Crippen molar-refractivity contribution in [3.05, 3.63) is 125 Å². The minimum Gasteiger partial charge on any atom is -0.379 e. The number of halogens is 8. The lowest BCUT2D eigenvalue weighted by atomic mass is 10.0. The summed E-state index contributed by atoms with van der Waals surface area (Å²) in [5.41, 5.74) is 3.42. The van der Waals surface area contributed by atoms with Crippen LogP contribution in [0.2, 0.25) is 0 Å². The number of rotatable bonds is 15. The van der Waals surface area contributed by atoms with Crippen molar-refractivity contribution < 1.29 is 49.4 Å². The van der Waals surface area contributed by atoms with Gasteiger partial charge in [0, 0.05) is 48.4 Å². The van der Waals surface area contributed by atoms with Gasteiger partial charge in [0.15, 0.2) is 5.78 Å². The molecule has 1 heterocycles. The largest absolute Gasteiger partial charge is 0.417 e. The van der Waals surface area contributed by atoms with E-state index in [1.165, 1.54) is 28.8 Å². The fraction of sp³-hybridized carbons (Fsp3) is 0.263. The van der Waals surface area contributed by atoms with E-state index in [9.17, 15) is 39.9 Å². The highest BCUT2D eigenvalue weighted by molar-refractivity contribution is 5.96. The first kappa shape index (κ1) is 38.3. The number of aromatic nitrogens is 2. The standard InChI is InChI=1S/C38H33F8N3O3/c39-29-12-7-26(8-13-29)34-35(27-9-14-30(40)15-10-27)49(36(48-34)31-16-11-28(37(41,42)43)22-32(31)38(44,45)46)23-24-3-5-25(6-4-24)33(50)2-1-18-51-20-21-52-19-17-47/h3-16,22H,1-2,17-21,23,47H2. The maximum Gasteiger partial charge on any atom is 0.417 e. The Morgan fingerprint density at radius 3 is 1.88 bits per heavy atom. The molecule has 14 heteroatoms. The molecule has 5 aromatic rings. The van der Waals surface area contributed by atoms with Crippen molar-refractivity contribution in [1.82, 2.24) is 9.55 Å². The first-order valence-electron chi connectivity index (χ1n) is 16.1. The number of ether oxygens (including phenoxy) is 2. The van der Waals surface area contributed by atoms with Crippen LogP contribution in [-0.4, -0.2) is 48.3 Å². The van der Waals surface area contributed by atoms with Crippen molar-refractivity contribution in [1.29, 1.82) is 0 Å². The first-order chi connectivity index (χ1) is 24.8. The van der Waals surface area contributed by atoms with E-state index in [0.29, 0.717) is 68.2 Å². The molecular formula is C38H33F8N3O3. The van der Waals surface area contributed by atoms with Gasteiger partial charge in [0.05, 0.1) is 42.3 Å². The summed E-state index contributed by atoms with van der Waals surface area (Å²) >= 11 is 0. The highest BCUT2D eigenvalue weighted by atomic mass is 19.4. The molecule has 0 unspecified atom stereocenters. The van der Waals surface area contributed by atoms with Gasteiger partial charge in [-0.05, 0) is 72.6 Å². The van der Waals surface area contributed by atoms with Crippen molar-refractivity contribution in [2.75, 3.05) is 33.0 Å². The maximum atomic E-state index is 14.5. The zero-order valence-corrected chi connectivity index (χ0v) is 27.5. The summed E-state index contributed by atoms with van der Waals surface area (Å²) in [5, 5.41) is 0. The Morgan fingerprint density at radius 1 is 0.712 bits per heavy atom. The molecule has 0 bridgehead atoms. The van der Waals surface area contributed by atoms with Gasteiger partial charge in [0.25, 0.3) is 0 Å². The van der Waals surface area contributed by atoms with Crippen molar-refractivity contribution in [2.45, 2.75) is 31.7 Å². The summed E-state index contributed by atoms with van der Waals surface area (Å²) in [6, 6.07) is 17.6. The van der Waals surface area contributed by atoms with Crippen LogP contribution in [-0.2, 0) is 28.4 Å². The number of ketones is 1. The molecule has 0 radical (unpaired) electrons. The van der Waals surface area contributed by atoms with Crippen LogP contribution < -0.4 is 5.73 Å². The second-order valence-electron chi connectivity index (χ2n) is 11.7. The summed E-state index contributed by atoms with van der Waals surface area (Å²) in [5.74, 6) is -1.69. The third kappa shape index (κ3) is 9.49. The topological polar surface area (TPSA) is 79.4 Å². The lowest BCUT2D eigenvalue weighted by Crippen LogP contribution is -2.14. The van der Waals surface area contributed by atoms with E-state index in [2.05, 4.69) is 4.98 Å². The molecule has 0 aliphatic carbocycles. The van der Waals surface area contributed by atoms with E-state index in [1.807, 2.05) is 0 Å². The number of carbonyl (C=O) groups is 1. The molecule has 0 spiro atoms. The highest BCUT2D eigenvalue weighted by Gasteiger charge is 2.39. The Balaban J connectivity index is 1.56. The predicted molar refractivity (Wildman–Crippen MR) is 178 cm³/mol. The third-order valence-corrected chi connectivity index (χ3v) is 8.04. The first-order valence-corrected chi connectivity index (χ1v) is 16.1. The van der Waals surface area contributed by atoms with E-state index in [-0.39, 0.29) is 47.6 Å². The van der Waals surface area contributed by atoms with E-state index in [1.54, 1.807) is 24.3 Å². The second kappa shape index (κ2) is 16.6. The lowest BCUT2D eigenvalue weighted by molar-refractivity contribution is -0.142. The highest BCUT2D eigenvalue weighted by Crippen LogP contribution is 2.44. The monoisotopic (exact) mass is 731 g/mol. The van der Waals surface area contributed by atoms with Crippen LogP contribution in [0.5, 0.6) is 0 Å². The van der Waals surface area contributed by atoms with Crippen LogP contribution in [0, 0.1) is 11.6 Å². The van der Waals surface area contributed by atoms with Crippen LogP contribution in [0.1, 0.15) is 39.9 Å². The SMILES string of the molecule is NCCOCCOCCCC(=O)c1ccc(Cn2c(-c3ccc(C(F)(F)F)cc3C(F)(F)F)nc(-c3ccc(F)cc3)c2-c2ccc(F)cc2)cc1. The Labute approximate surface area is 293 Å². The lowest BCUT2D eigenvalue weighted by Gasteiger charge is -2.18. The molecule has 0 amide bonds. The summed E-state index contributed by atoms with van der Waals surface area (Å²) < 4.78 is 124. The van der Waals surface area contributed by atoms with E-state index in [4.69, 9.17) is 15.2 Å². The molecule has 5 rings (SSSR count). The smallest absolute Gasteiger partial charge is 0.379 e. The Kier molecular flexibility index (Phi) is 12.2. The van der Waals surface area contributed by atoms with Gasteiger partial charge in [-0.15, -0.1) is 0 Å². The molecule has 0 aliphatic rings. The minimum atomic E-state index is -5.22. The molecule has 0 saturated heterocycles. The van der Waals surface area contributed by atoms with Crippen LogP contribution in [0.15, 0.2) is 91.0 Å². The molecule has 1 aromatic heterocycles. The average Bonchev–Trinajstić information content (AvgIpc) is 3.47. The minimum absolute atomic E-state index is 0.0323. The van der Waals surface area contributed by atoms with Crippen LogP contribution in [0.3, 0.4) is 0 Å². The predicted octanol–water partition coefficient (Wildman–Crippen LogP) is 9.20. The molecule has 274 valence electrons. The number of imidazole rings is 1. The summed E-state index contributed by atoms with van der Waals surface area (Å²) in [4.78, 5) is 17.4. The number of nitrogens with two attached hydrogens (primary N) is 1. The van der Waals surface area contributed by atoms with Gasteiger partial charge in [0.2, 0.25) is 0 Å². The Bertz CT molecular complexity index is 1950. The second-order valence-corrected chi connectivity index (χ2v) is 11.7. The van der Waals surface area contributed by atoms with Crippen LogP contribution in [0.4, 0.5) is 35.1 Å². The van der Waals surface area contributed by atoms with Gasteiger partial charge in [0.1, 0.15) is 17.5 Å². The molecule has 0 aliphatic heterocycles. The summed E-state index contributed by atoms with van der Waals surface area (Å²) in [7, 11) is 0. The molecule has 2 N–H and O–H groups in total. The van der Waals surface area contributed by atoms with Gasteiger partial charge in [-0.3, -0.25) is 4.79 Å². The zero-order chi connectivity index (χ0) is 37.5. The van der Waals surface area contributed by atoms with E-state index < -0.39 is 40.7 Å². The Morgan fingerprint density at radius 2 is 1.31 bits per heavy atom. The number of carbonyl (C=O) groups excluding carboxylic acids is 1. The molecular weight excluding hydrogens is 698 g/mol. The summed E-state index contributed by atoms with van der Waals surface area (Å²) in [6.45, 7) is 1.75. The van der Waals surface area contributed by atoms with Crippen molar-refractivity contribution in [2.24, 2.45) is 5.73 Å². The number of Topliss-reactive ketones (excluding diaryl/α,β-unsaturated/α-hetero) is 1. The molecule has 52 heavy (non-hydrogen) atoms. The van der Waals surface area contributed by atoms with Crippen LogP contribution in [0.25, 0.3) is 33.9 Å². The van der Waals surface area contributed by atoms with Gasteiger partial charge >= 0.3 is 12.4 Å². The summed E-state index contributed by atoms with van der Waals surface area (Å²) in [6.07, 6.45) is -9.63. The molecule has 0 fully saturated rings. The number of hydrogen-bond acceptors (Lipinski definition) is 5. The van der Waals surface area contributed by atoms with Crippen molar-refractivity contribution >= 4 is 5.78 Å². The molecule has 0 saturated carbocycles. The fourth-order valence-corrected chi connectivity index (χ4v) is 5.54.